The van der Waals surface area contributed by atoms with E-state index in [4.69, 9.17) is 14.2 Å². The van der Waals surface area contributed by atoms with Gasteiger partial charge in [-0.2, -0.15) is 0 Å². The summed E-state index contributed by atoms with van der Waals surface area (Å²) in [6, 6.07) is 35.6. The first-order chi connectivity index (χ1) is 26.2. The third kappa shape index (κ3) is 10.0. The first-order valence-electron chi connectivity index (χ1n) is 17.8. The van der Waals surface area contributed by atoms with Crippen LogP contribution in [0.3, 0.4) is 0 Å². The molecule has 2 aliphatic rings. The van der Waals surface area contributed by atoms with Crippen LogP contribution in [0.4, 0.5) is 0 Å². The van der Waals surface area contributed by atoms with Crippen molar-refractivity contribution in [2.24, 2.45) is 5.92 Å². The van der Waals surface area contributed by atoms with Crippen LogP contribution in [-0.4, -0.2) is 113 Å². The van der Waals surface area contributed by atoms with Crippen molar-refractivity contribution in [2.75, 3.05) is 45.9 Å². The van der Waals surface area contributed by atoms with E-state index in [0.29, 0.717) is 0 Å². The van der Waals surface area contributed by atoms with Gasteiger partial charge in [-0.05, 0) is 55.3 Å². The highest BCUT2D eigenvalue weighted by atomic mass is 16.6. The number of likely N-dealkylation sites (tertiary alicyclic amines) is 1. The zero-order chi connectivity index (χ0) is 38.5. The van der Waals surface area contributed by atoms with Gasteiger partial charge in [0.1, 0.15) is 5.41 Å². The zero-order valence-electron chi connectivity index (χ0n) is 30.5. The highest BCUT2D eigenvalue weighted by molar-refractivity contribution is 5.96. The Morgan fingerprint density at radius 2 is 1.11 bits per heavy atom. The monoisotopic (exact) mass is 754 g/mol. The summed E-state index contributed by atoms with van der Waals surface area (Å²) in [7, 11) is 0. The molecule has 0 bridgehead atoms. The molecule has 0 aromatic heterocycles. The molecule has 55 heavy (non-hydrogen) atoms. The van der Waals surface area contributed by atoms with Crippen molar-refractivity contribution in [3.05, 3.63) is 144 Å². The van der Waals surface area contributed by atoms with Crippen molar-refractivity contribution in [2.45, 2.75) is 31.0 Å². The average Bonchev–Trinajstić information content (AvgIpc) is 3.51. The molecule has 13 nitrogen and oxygen atoms in total. The summed E-state index contributed by atoms with van der Waals surface area (Å²) < 4.78 is 15.0. The molecule has 4 aromatic carbocycles. The number of carbonyl (C=O) groups is 5. The number of esters is 2. The molecular formula is C42H46N2O11. The number of aliphatic carboxylic acids is 2. The van der Waals surface area contributed by atoms with Crippen molar-refractivity contribution in [3.63, 3.8) is 0 Å². The molecule has 3 atom stereocenters. The van der Waals surface area contributed by atoms with Gasteiger partial charge in [-0.25, -0.2) is 19.2 Å². The van der Waals surface area contributed by atoms with Crippen LogP contribution in [0, 0.1) is 5.92 Å². The Bertz CT molecular complexity index is 1740. The molecule has 6 rings (SSSR count). The number of carbonyl (C=O) groups excluding carboxylic acids is 3. The molecule has 2 aliphatic heterocycles. The molecule has 0 radical (unpaired) electrons. The fraction of sp³-hybridized carbons (Fsp3) is 0.310. The number of likely N-dealkylation sites (N-methyl/N-ethyl adjacent to an activating group) is 1. The van der Waals surface area contributed by atoms with E-state index in [-0.39, 0.29) is 28.4 Å². The Kier molecular flexibility index (Phi) is 15.2. The van der Waals surface area contributed by atoms with Crippen molar-refractivity contribution in [1.82, 2.24) is 9.80 Å². The maximum Gasteiger partial charge on any atom is 0.349 e. The topological polar surface area (TPSA) is 191 Å². The summed E-state index contributed by atoms with van der Waals surface area (Å²) in [4.78, 5) is 65.2. The number of amides is 1. The first kappa shape index (κ1) is 41.9. The van der Waals surface area contributed by atoms with Crippen molar-refractivity contribution in [3.8, 4) is 0 Å². The lowest BCUT2D eigenvalue weighted by molar-refractivity contribution is -0.166. The lowest BCUT2D eigenvalue weighted by Crippen LogP contribution is -2.45. The van der Waals surface area contributed by atoms with Gasteiger partial charge in [0.15, 0.2) is 0 Å². The number of benzene rings is 4. The van der Waals surface area contributed by atoms with E-state index >= 15 is 0 Å². The number of carboxylic acid groups (broad SMARTS) is 2. The fourth-order valence-corrected chi connectivity index (χ4v) is 6.94. The van der Waals surface area contributed by atoms with Gasteiger partial charge in [0.05, 0.1) is 24.3 Å². The number of hydrogen-bond acceptors (Lipinski definition) is 9. The number of morpholine rings is 1. The van der Waals surface area contributed by atoms with Crippen molar-refractivity contribution >= 4 is 29.8 Å². The summed E-state index contributed by atoms with van der Waals surface area (Å²) in [5, 5.41) is 18.5. The van der Waals surface area contributed by atoms with Crippen LogP contribution in [0.1, 0.15) is 45.2 Å². The van der Waals surface area contributed by atoms with Crippen molar-refractivity contribution < 1.29 is 53.9 Å². The van der Waals surface area contributed by atoms with Gasteiger partial charge < -0.3 is 34.8 Å². The predicted molar refractivity (Wildman–Crippen MR) is 201 cm³/mol. The van der Waals surface area contributed by atoms with Gasteiger partial charge in [-0.3, -0.25) is 9.69 Å². The van der Waals surface area contributed by atoms with E-state index < -0.39 is 41.5 Å². The van der Waals surface area contributed by atoms with Crippen LogP contribution in [0.25, 0.3) is 0 Å². The molecule has 0 saturated carbocycles. The quantitative estimate of drug-likeness (QED) is 0.188. The average molecular weight is 755 g/mol. The Balaban J connectivity index is 0.000000241. The normalized spacial score (nSPS) is 17.4. The van der Waals surface area contributed by atoms with Gasteiger partial charge in [-0.15, -0.1) is 0 Å². The predicted octanol–water partition coefficient (Wildman–Crippen LogP) is 3.96. The summed E-state index contributed by atoms with van der Waals surface area (Å²) in [6.07, 6.45) is -3.42. The van der Waals surface area contributed by atoms with Gasteiger partial charge in [0, 0.05) is 32.1 Å². The Labute approximate surface area is 319 Å². The van der Waals surface area contributed by atoms with Crippen LogP contribution in [-0.2, 0) is 34.0 Å². The molecule has 2 heterocycles. The molecule has 2 saturated heterocycles. The molecule has 0 aliphatic carbocycles. The second-order valence-corrected chi connectivity index (χ2v) is 12.9. The Morgan fingerprint density at radius 1 is 0.709 bits per heavy atom. The van der Waals surface area contributed by atoms with E-state index in [9.17, 15) is 34.2 Å². The second kappa shape index (κ2) is 20.0. The maximum absolute atomic E-state index is 13.8. The van der Waals surface area contributed by atoms with Crippen LogP contribution >= 0.6 is 0 Å². The molecule has 2 fully saturated rings. The molecule has 0 spiro atoms. The minimum atomic E-state index is -2.21. The molecule has 290 valence electrons. The Hall–Kier alpha value is -5.89. The zero-order valence-corrected chi connectivity index (χ0v) is 30.5. The van der Waals surface area contributed by atoms with Gasteiger partial charge in [0.25, 0.3) is 0 Å². The standard InChI is InChI=1S/C24H30N2O2.C18H14O8.H2O/c1-2-26-19-22(13-14-25-15-17-28-18-16-25)24(23(26)27,20-9-5-3-6-10-20)21-11-7-4-8-12-21;19-15(20)13(25-17(23)11-7-3-1-4-8-11)14(16(21)22)26-18(24)12-9-5-2-6-10-12;/h3-12,22H,2,13-19H2,1H3;1-10,13-14H,(H,19,20)(H,21,22);1H2/t22-;13-,14-;/m00./s1. The van der Waals surface area contributed by atoms with E-state index in [0.717, 1.165) is 63.5 Å². The molecule has 0 unspecified atom stereocenters. The number of hydrogen-bond donors (Lipinski definition) is 2. The van der Waals surface area contributed by atoms with Crippen LogP contribution in [0.2, 0.25) is 0 Å². The SMILES string of the molecule is CCN1C[C@H](CCN2CCOCC2)C(c2ccccc2)(c2ccccc2)C1=O.O.O=C(O[C@H](C(=O)O)[C@H](OC(=O)c1ccccc1)C(=O)O)c1ccccc1. The summed E-state index contributed by atoms with van der Waals surface area (Å²) in [6.45, 7) is 8.28. The van der Waals surface area contributed by atoms with Gasteiger partial charge >= 0.3 is 23.9 Å². The fourth-order valence-electron chi connectivity index (χ4n) is 6.94. The maximum atomic E-state index is 13.8. The van der Waals surface area contributed by atoms with Gasteiger partial charge in [-0.1, -0.05) is 97.1 Å². The summed E-state index contributed by atoms with van der Waals surface area (Å²) >= 11 is 0. The molecule has 13 heteroatoms. The Morgan fingerprint density at radius 3 is 1.49 bits per heavy atom. The smallest absolute Gasteiger partial charge is 0.349 e. The largest absolute Gasteiger partial charge is 0.478 e. The number of rotatable bonds is 13. The summed E-state index contributed by atoms with van der Waals surface area (Å²) in [5.41, 5.74) is 1.70. The van der Waals surface area contributed by atoms with E-state index in [1.54, 1.807) is 12.1 Å². The van der Waals surface area contributed by atoms with E-state index in [1.165, 1.54) is 48.5 Å². The number of nitrogens with zero attached hydrogens (tertiary/aromatic N) is 2. The number of carboxylic acids is 2. The van der Waals surface area contributed by atoms with E-state index in [2.05, 4.69) is 60.4 Å². The third-order valence-electron chi connectivity index (χ3n) is 9.66. The lowest BCUT2D eigenvalue weighted by atomic mass is 9.66. The highest BCUT2D eigenvalue weighted by Gasteiger charge is 2.55. The number of ether oxygens (including phenoxy) is 3. The second-order valence-electron chi connectivity index (χ2n) is 12.9. The third-order valence-corrected chi connectivity index (χ3v) is 9.66. The highest BCUT2D eigenvalue weighted by Crippen LogP contribution is 2.47. The van der Waals surface area contributed by atoms with Crippen LogP contribution in [0.5, 0.6) is 0 Å². The molecule has 1 amide bonds. The molecule has 4 aromatic rings. The van der Waals surface area contributed by atoms with E-state index in [1.807, 2.05) is 17.0 Å². The van der Waals surface area contributed by atoms with Gasteiger partial charge in [0.2, 0.25) is 18.1 Å². The van der Waals surface area contributed by atoms with Crippen molar-refractivity contribution in [1.29, 1.82) is 0 Å². The molecule has 4 N–H and O–H groups in total. The summed E-state index contributed by atoms with van der Waals surface area (Å²) in [5.74, 6) is -5.13. The minimum Gasteiger partial charge on any atom is -0.478 e. The minimum absolute atomic E-state index is 0. The molecular weight excluding hydrogens is 708 g/mol. The van der Waals surface area contributed by atoms with Crippen LogP contribution in [0.15, 0.2) is 121 Å². The lowest BCUT2D eigenvalue weighted by Gasteiger charge is -2.36. The van der Waals surface area contributed by atoms with Crippen LogP contribution < -0.4 is 0 Å². The first-order valence-corrected chi connectivity index (χ1v) is 17.8.